The highest BCUT2D eigenvalue weighted by Crippen LogP contribution is 2.16. The molecule has 0 spiro atoms. The smallest absolute Gasteiger partial charge is 0.338 e. The molecule has 0 atom stereocenters. The van der Waals surface area contributed by atoms with E-state index in [0.717, 1.165) is 0 Å². The molecule has 0 fully saturated rings. The lowest BCUT2D eigenvalue weighted by atomic mass is 10.2. The van der Waals surface area contributed by atoms with E-state index in [1.54, 1.807) is 60.7 Å². The second-order valence-electron chi connectivity index (χ2n) is 5.45. The molecule has 1 N–H and O–H groups in total. The zero-order chi connectivity index (χ0) is 19.1. The first-order valence-corrected chi connectivity index (χ1v) is 8.50. The van der Waals surface area contributed by atoms with Crippen molar-refractivity contribution in [3.63, 3.8) is 0 Å². The van der Waals surface area contributed by atoms with Crippen LogP contribution < -0.4 is 10.1 Å². The van der Waals surface area contributed by atoms with Crippen LogP contribution in [0.1, 0.15) is 20.9 Å². The summed E-state index contributed by atoms with van der Waals surface area (Å²) in [6.45, 7) is 0.336. The van der Waals surface area contributed by atoms with E-state index in [2.05, 4.69) is 5.32 Å². The summed E-state index contributed by atoms with van der Waals surface area (Å²) in [6.07, 6.45) is 1.42. The van der Waals surface area contributed by atoms with Gasteiger partial charge in [0.15, 0.2) is 5.76 Å². The summed E-state index contributed by atoms with van der Waals surface area (Å²) in [5.74, 6) is 0.0135. The lowest BCUT2D eigenvalue weighted by molar-refractivity contribution is 0.0450. The van der Waals surface area contributed by atoms with Crippen LogP contribution in [-0.4, -0.2) is 25.1 Å². The summed E-state index contributed by atoms with van der Waals surface area (Å²) in [5.41, 5.74) is 0.913. The molecule has 6 nitrogen and oxygen atoms in total. The molecule has 2 aromatic carbocycles. The summed E-state index contributed by atoms with van der Waals surface area (Å²) in [7, 11) is 0. The van der Waals surface area contributed by atoms with Gasteiger partial charge in [0.25, 0.3) is 5.91 Å². The van der Waals surface area contributed by atoms with Crippen molar-refractivity contribution < 1.29 is 23.5 Å². The van der Waals surface area contributed by atoms with Gasteiger partial charge in [-0.3, -0.25) is 4.79 Å². The molecule has 3 aromatic rings. The van der Waals surface area contributed by atoms with E-state index in [9.17, 15) is 9.59 Å². The highest BCUT2D eigenvalue weighted by Gasteiger charge is 2.10. The van der Waals surface area contributed by atoms with E-state index in [-0.39, 0.29) is 24.9 Å². The minimum Gasteiger partial charge on any atom is -0.490 e. The van der Waals surface area contributed by atoms with Crippen LogP contribution in [0.3, 0.4) is 0 Å². The van der Waals surface area contributed by atoms with Gasteiger partial charge in [0.1, 0.15) is 19.0 Å². The Kier molecular flexibility index (Phi) is 6.12. The fraction of sp³-hybridized carbons (Fsp3) is 0.100. The second-order valence-corrected chi connectivity index (χ2v) is 5.88. The molecular formula is C20H16ClNO5. The Hall–Kier alpha value is -3.25. The van der Waals surface area contributed by atoms with E-state index in [4.69, 9.17) is 25.5 Å². The van der Waals surface area contributed by atoms with E-state index < -0.39 is 5.97 Å². The van der Waals surface area contributed by atoms with E-state index >= 15 is 0 Å². The molecule has 1 aromatic heterocycles. The summed E-state index contributed by atoms with van der Waals surface area (Å²) >= 11 is 5.79. The van der Waals surface area contributed by atoms with Gasteiger partial charge in [-0.25, -0.2) is 4.79 Å². The summed E-state index contributed by atoms with van der Waals surface area (Å²) in [4.78, 5) is 23.9. The maximum absolute atomic E-state index is 12.0. The van der Waals surface area contributed by atoms with Crippen LogP contribution >= 0.6 is 11.6 Å². The second kappa shape index (κ2) is 8.91. The van der Waals surface area contributed by atoms with Gasteiger partial charge in [-0.1, -0.05) is 11.6 Å². The fourth-order valence-corrected chi connectivity index (χ4v) is 2.32. The number of esters is 1. The molecule has 0 unspecified atom stereocenters. The van der Waals surface area contributed by atoms with E-state index in [0.29, 0.717) is 22.0 Å². The first-order chi connectivity index (χ1) is 13.1. The van der Waals surface area contributed by atoms with Crippen LogP contribution in [-0.2, 0) is 4.74 Å². The number of nitrogens with one attached hydrogen (secondary N) is 1. The number of hydrogen-bond acceptors (Lipinski definition) is 5. The van der Waals surface area contributed by atoms with Crippen LogP contribution in [0.4, 0.5) is 5.69 Å². The predicted octanol–water partition coefficient (Wildman–Crippen LogP) is 4.42. The molecule has 1 heterocycles. The number of furan rings is 1. The average molecular weight is 386 g/mol. The third-order valence-corrected chi connectivity index (χ3v) is 3.77. The van der Waals surface area contributed by atoms with Crippen LogP contribution in [0.2, 0.25) is 5.02 Å². The maximum atomic E-state index is 12.0. The molecule has 1 amide bonds. The Labute approximate surface area is 160 Å². The summed E-state index contributed by atoms with van der Waals surface area (Å²) < 4.78 is 15.6. The lowest BCUT2D eigenvalue weighted by Gasteiger charge is -2.08. The predicted molar refractivity (Wildman–Crippen MR) is 100 cm³/mol. The third kappa shape index (κ3) is 5.36. The van der Waals surface area contributed by atoms with Crippen molar-refractivity contribution in [1.29, 1.82) is 0 Å². The van der Waals surface area contributed by atoms with Gasteiger partial charge in [-0.05, 0) is 60.7 Å². The van der Waals surface area contributed by atoms with Gasteiger partial charge < -0.3 is 19.2 Å². The fourth-order valence-electron chi connectivity index (χ4n) is 2.20. The maximum Gasteiger partial charge on any atom is 0.338 e. The molecule has 0 radical (unpaired) electrons. The Morgan fingerprint density at radius 1 is 0.963 bits per heavy atom. The highest BCUT2D eigenvalue weighted by atomic mass is 35.5. The number of rotatable bonds is 7. The van der Waals surface area contributed by atoms with E-state index in [1.165, 1.54) is 6.26 Å². The number of carbonyl (C=O) groups excluding carboxylic acids is 2. The number of carbonyl (C=O) groups is 2. The van der Waals surface area contributed by atoms with Gasteiger partial charge in [0, 0.05) is 10.7 Å². The van der Waals surface area contributed by atoms with Crippen molar-refractivity contribution >= 4 is 29.2 Å². The van der Waals surface area contributed by atoms with Crippen LogP contribution in [0.15, 0.2) is 71.3 Å². The zero-order valence-electron chi connectivity index (χ0n) is 14.2. The van der Waals surface area contributed by atoms with Crippen molar-refractivity contribution in [2.45, 2.75) is 0 Å². The Balaban J connectivity index is 1.44. The molecule has 0 saturated carbocycles. The van der Waals surface area contributed by atoms with Crippen molar-refractivity contribution in [2.75, 3.05) is 18.5 Å². The first-order valence-electron chi connectivity index (χ1n) is 8.12. The molecule has 0 saturated heterocycles. The van der Waals surface area contributed by atoms with Gasteiger partial charge in [0.05, 0.1) is 11.8 Å². The third-order valence-electron chi connectivity index (χ3n) is 3.52. The molecule has 138 valence electrons. The van der Waals surface area contributed by atoms with Crippen LogP contribution in [0, 0.1) is 0 Å². The molecule has 0 bridgehead atoms. The van der Waals surface area contributed by atoms with Crippen molar-refractivity contribution in [3.8, 4) is 5.75 Å². The first kappa shape index (κ1) is 18.5. The van der Waals surface area contributed by atoms with E-state index in [1.807, 2.05) is 0 Å². The monoisotopic (exact) mass is 385 g/mol. The number of anilines is 1. The summed E-state index contributed by atoms with van der Waals surface area (Å²) in [6, 6.07) is 16.5. The normalized spacial score (nSPS) is 10.3. The molecular weight excluding hydrogens is 370 g/mol. The van der Waals surface area contributed by atoms with Crippen LogP contribution in [0.25, 0.3) is 0 Å². The molecule has 0 aliphatic rings. The largest absolute Gasteiger partial charge is 0.490 e. The van der Waals surface area contributed by atoms with Gasteiger partial charge in [0.2, 0.25) is 0 Å². The molecule has 3 rings (SSSR count). The number of hydrogen-bond donors (Lipinski definition) is 1. The van der Waals surface area contributed by atoms with Crippen molar-refractivity contribution in [1.82, 2.24) is 0 Å². The van der Waals surface area contributed by atoms with Gasteiger partial charge in [-0.2, -0.15) is 0 Å². The minimum atomic E-state index is -0.474. The lowest BCUT2D eigenvalue weighted by Crippen LogP contribution is -2.13. The average Bonchev–Trinajstić information content (AvgIpc) is 3.22. The Morgan fingerprint density at radius 3 is 2.37 bits per heavy atom. The number of benzene rings is 2. The quantitative estimate of drug-likeness (QED) is 0.481. The van der Waals surface area contributed by atoms with Crippen LogP contribution in [0.5, 0.6) is 5.75 Å². The summed E-state index contributed by atoms with van der Waals surface area (Å²) in [5, 5.41) is 3.29. The van der Waals surface area contributed by atoms with Crippen molar-refractivity contribution in [2.24, 2.45) is 0 Å². The zero-order valence-corrected chi connectivity index (χ0v) is 14.9. The molecule has 0 aliphatic carbocycles. The topological polar surface area (TPSA) is 77.8 Å². The minimum absolute atomic E-state index is 0.110. The van der Waals surface area contributed by atoms with Crippen molar-refractivity contribution in [3.05, 3.63) is 83.3 Å². The van der Waals surface area contributed by atoms with Gasteiger partial charge in [-0.15, -0.1) is 0 Å². The molecule has 0 aliphatic heterocycles. The Bertz CT molecular complexity index is 889. The Morgan fingerprint density at radius 2 is 1.70 bits per heavy atom. The standard InChI is InChI=1S/C20H16ClNO5/c21-15-5-9-17(10-6-15)25-12-13-27-20(24)14-3-7-16(8-4-14)22-19(23)18-2-1-11-26-18/h1-11H,12-13H2,(H,22,23). The number of ether oxygens (including phenoxy) is 2. The number of amides is 1. The highest BCUT2D eigenvalue weighted by molar-refractivity contribution is 6.30. The SMILES string of the molecule is O=C(OCCOc1ccc(Cl)cc1)c1ccc(NC(=O)c2ccco2)cc1. The molecule has 7 heteroatoms. The number of halogens is 1. The van der Waals surface area contributed by atoms with Gasteiger partial charge >= 0.3 is 5.97 Å². The molecule has 27 heavy (non-hydrogen) atoms.